The van der Waals surface area contributed by atoms with Gasteiger partial charge in [-0.3, -0.25) is 9.36 Å². The molecule has 33 heavy (non-hydrogen) atoms. The lowest BCUT2D eigenvalue weighted by Crippen LogP contribution is -2.23. The average molecular weight is 469 g/mol. The largest absolute Gasteiger partial charge is 0.323 e. The van der Waals surface area contributed by atoms with E-state index in [1.807, 2.05) is 30.3 Å². The van der Waals surface area contributed by atoms with Gasteiger partial charge in [0.15, 0.2) is 11.0 Å². The molecule has 0 spiro atoms. The lowest BCUT2D eigenvalue weighted by atomic mass is 10.2. The van der Waals surface area contributed by atoms with E-state index in [0.29, 0.717) is 29.2 Å². The molecule has 0 aliphatic carbocycles. The number of carbonyl (C=O) groups is 1. The van der Waals surface area contributed by atoms with Crippen LogP contribution < -0.4 is 5.32 Å². The summed E-state index contributed by atoms with van der Waals surface area (Å²) in [7, 11) is 0. The number of hydrogen-bond donors (Lipinski definition) is 1. The van der Waals surface area contributed by atoms with Gasteiger partial charge >= 0.3 is 0 Å². The predicted octanol–water partition coefficient (Wildman–Crippen LogP) is 5.53. The standard InChI is InChI=1S/C24H19F3N4OS/c1-15(23(32)28-21-12-11-17(25)13-20(21)27)33-24-30-29-22(18-9-5-6-10-19(18)26)31(24)14-16-7-3-2-4-8-16/h2-13,15H,14H2,1H3,(H,28,32). The molecule has 1 N–H and O–H groups in total. The van der Waals surface area contributed by atoms with Gasteiger partial charge in [-0.25, -0.2) is 13.2 Å². The Hall–Kier alpha value is -3.59. The van der Waals surface area contributed by atoms with E-state index >= 15 is 0 Å². The number of nitrogens with zero attached hydrogens (tertiary/aromatic N) is 3. The molecule has 0 saturated heterocycles. The number of nitrogens with one attached hydrogen (secondary N) is 1. The molecule has 0 saturated carbocycles. The maximum Gasteiger partial charge on any atom is 0.237 e. The molecule has 0 aliphatic heterocycles. The van der Waals surface area contributed by atoms with Crippen molar-refractivity contribution in [2.45, 2.75) is 23.9 Å². The lowest BCUT2D eigenvalue weighted by molar-refractivity contribution is -0.115. The molecule has 5 nitrogen and oxygen atoms in total. The molecule has 0 radical (unpaired) electrons. The Morgan fingerprint density at radius 3 is 2.42 bits per heavy atom. The zero-order chi connectivity index (χ0) is 23.4. The van der Waals surface area contributed by atoms with Crippen LogP contribution in [0.3, 0.4) is 0 Å². The van der Waals surface area contributed by atoms with E-state index < -0.39 is 28.6 Å². The Labute approximate surface area is 192 Å². The van der Waals surface area contributed by atoms with Crippen LogP contribution in [0, 0.1) is 17.5 Å². The first-order chi connectivity index (χ1) is 15.9. The van der Waals surface area contributed by atoms with Gasteiger partial charge in [-0.05, 0) is 36.8 Å². The Balaban J connectivity index is 1.61. The highest BCUT2D eigenvalue weighted by Gasteiger charge is 2.23. The van der Waals surface area contributed by atoms with Crippen molar-refractivity contribution in [3.05, 3.63) is 95.8 Å². The summed E-state index contributed by atoms with van der Waals surface area (Å²) in [5, 5.41) is 10.5. The second-order valence-electron chi connectivity index (χ2n) is 7.23. The molecular formula is C24H19F3N4OS. The molecule has 168 valence electrons. The highest BCUT2D eigenvalue weighted by Crippen LogP contribution is 2.29. The first-order valence-electron chi connectivity index (χ1n) is 10.1. The van der Waals surface area contributed by atoms with Gasteiger partial charge in [-0.15, -0.1) is 10.2 Å². The number of thioether (sulfide) groups is 1. The highest BCUT2D eigenvalue weighted by atomic mass is 32.2. The van der Waals surface area contributed by atoms with Crippen LogP contribution in [-0.2, 0) is 11.3 Å². The monoisotopic (exact) mass is 468 g/mol. The first kappa shape index (κ1) is 22.6. The van der Waals surface area contributed by atoms with E-state index in [-0.39, 0.29) is 5.69 Å². The fourth-order valence-electron chi connectivity index (χ4n) is 3.16. The van der Waals surface area contributed by atoms with E-state index in [2.05, 4.69) is 15.5 Å². The van der Waals surface area contributed by atoms with Crippen molar-refractivity contribution in [3.8, 4) is 11.4 Å². The number of aromatic nitrogens is 3. The minimum absolute atomic E-state index is 0.119. The molecule has 1 heterocycles. The second kappa shape index (κ2) is 9.91. The lowest BCUT2D eigenvalue weighted by Gasteiger charge is -2.14. The van der Waals surface area contributed by atoms with Crippen molar-refractivity contribution < 1.29 is 18.0 Å². The molecule has 1 atom stereocenters. The van der Waals surface area contributed by atoms with Crippen LogP contribution in [0.2, 0.25) is 0 Å². The van der Waals surface area contributed by atoms with Crippen LogP contribution in [-0.4, -0.2) is 25.9 Å². The normalized spacial score (nSPS) is 11.9. The molecule has 0 bridgehead atoms. The number of hydrogen-bond acceptors (Lipinski definition) is 4. The summed E-state index contributed by atoms with van der Waals surface area (Å²) in [6.45, 7) is 1.99. The molecule has 3 aromatic carbocycles. The Bertz CT molecular complexity index is 1280. The summed E-state index contributed by atoms with van der Waals surface area (Å²) in [6.07, 6.45) is 0. The summed E-state index contributed by atoms with van der Waals surface area (Å²) in [4.78, 5) is 12.6. The van der Waals surface area contributed by atoms with Crippen LogP contribution in [0.15, 0.2) is 78.0 Å². The SMILES string of the molecule is CC(Sc1nnc(-c2ccccc2F)n1Cc1ccccc1)C(=O)Nc1ccc(F)cc1F. The third-order valence-electron chi connectivity index (χ3n) is 4.86. The Kier molecular flexibility index (Phi) is 6.79. The first-order valence-corrected chi connectivity index (χ1v) is 10.9. The maximum atomic E-state index is 14.5. The van der Waals surface area contributed by atoms with Crippen LogP contribution in [0.25, 0.3) is 11.4 Å². The molecule has 1 aromatic heterocycles. The molecule has 1 unspecified atom stereocenters. The fraction of sp³-hybridized carbons (Fsp3) is 0.125. The third kappa shape index (κ3) is 5.25. The highest BCUT2D eigenvalue weighted by molar-refractivity contribution is 8.00. The van der Waals surface area contributed by atoms with E-state index in [0.717, 1.165) is 29.5 Å². The molecule has 0 aliphatic rings. The minimum atomic E-state index is -0.866. The molecule has 1 amide bonds. The van der Waals surface area contributed by atoms with Crippen molar-refractivity contribution >= 4 is 23.4 Å². The van der Waals surface area contributed by atoms with Gasteiger partial charge in [0.05, 0.1) is 23.0 Å². The van der Waals surface area contributed by atoms with Gasteiger partial charge < -0.3 is 5.32 Å². The van der Waals surface area contributed by atoms with E-state index in [1.54, 1.807) is 29.7 Å². The number of anilines is 1. The zero-order valence-electron chi connectivity index (χ0n) is 17.5. The quantitative estimate of drug-likeness (QED) is 0.363. The van der Waals surface area contributed by atoms with Gasteiger partial charge in [-0.1, -0.05) is 54.2 Å². The number of halogens is 3. The van der Waals surface area contributed by atoms with Gasteiger partial charge in [-0.2, -0.15) is 0 Å². The number of rotatable bonds is 7. The maximum absolute atomic E-state index is 14.5. The van der Waals surface area contributed by atoms with Crippen LogP contribution in [0.4, 0.5) is 18.9 Å². The number of carbonyl (C=O) groups excluding carboxylic acids is 1. The Morgan fingerprint density at radius 2 is 1.70 bits per heavy atom. The molecule has 4 aromatic rings. The van der Waals surface area contributed by atoms with E-state index in [9.17, 15) is 18.0 Å². The topological polar surface area (TPSA) is 59.8 Å². The van der Waals surface area contributed by atoms with Gasteiger partial charge in [0.1, 0.15) is 17.5 Å². The van der Waals surface area contributed by atoms with Crippen molar-refractivity contribution in [1.82, 2.24) is 14.8 Å². The van der Waals surface area contributed by atoms with Gasteiger partial charge in [0.25, 0.3) is 0 Å². The number of benzene rings is 3. The summed E-state index contributed by atoms with van der Waals surface area (Å²) in [6, 6.07) is 18.7. The molecule has 9 heteroatoms. The van der Waals surface area contributed by atoms with Gasteiger partial charge in [0.2, 0.25) is 5.91 Å². The third-order valence-corrected chi connectivity index (χ3v) is 5.94. The van der Waals surface area contributed by atoms with Crippen LogP contribution >= 0.6 is 11.8 Å². The Morgan fingerprint density at radius 1 is 0.970 bits per heavy atom. The summed E-state index contributed by atoms with van der Waals surface area (Å²) in [5.74, 6) is -2.20. The van der Waals surface area contributed by atoms with Crippen LogP contribution in [0.5, 0.6) is 0 Å². The van der Waals surface area contributed by atoms with Crippen molar-refractivity contribution in [2.24, 2.45) is 0 Å². The summed E-state index contributed by atoms with van der Waals surface area (Å²) in [5.41, 5.74) is 1.12. The van der Waals surface area contributed by atoms with E-state index in [1.165, 1.54) is 6.07 Å². The van der Waals surface area contributed by atoms with Crippen LogP contribution in [0.1, 0.15) is 12.5 Å². The predicted molar refractivity (Wildman–Crippen MR) is 121 cm³/mol. The smallest absolute Gasteiger partial charge is 0.237 e. The van der Waals surface area contributed by atoms with Crippen molar-refractivity contribution in [1.29, 1.82) is 0 Å². The molecule has 0 fully saturated rings. The zero-order valence-corrected chi connectivity index (χ0v) is 18.3. The fourth-order valence-corrected chi connectivity index (χ4v) is 4.01. The van der Waals surface area contributed by atoms with Crippen molar-refractivity contribution in [3.63, 3.8) is 0 Å². The van der Waals surface area contributed by atoms with Gasteiger partial charge in [0, 0.05) is 6.07 Å². The molecule has 4 rings (SSSR count). The van der Waals surface area contributed by atoms with Crippen molar-refractivity contribution in [2.75, 3.05) is 5.32 Å². The number of amides is 1. The second-order valence-corrected chi connectivity index (χ2v) is 8.54. The minimum Gasteiger partial charge on any atom is -0.323 e. The molecular weight excluding hydrogens is 449 g/mol. The average Bonchev–Trinajstić information content (AvgIpc) is 3.18. The summed E-state index contributed by atoms with van der Waals surface area (Å²) < 4.78 is 43.3. The van der Waals surface area contributed by atoms with E-state index in [4.69, 9.17) is 0 Å². The summed E-state index contributed by atoms with van der Waals surface area (Å²) >= 11 is 1.11.